The number of unbranched alkanes of at least 4 members (excludes halogenated alkanes) is 1. The van der Waals surface area contributed by atoms with Crippen LogP contribution in [0, 0.1) is 5.92 Å². The van der Waals surface area contributed by atoms with Gasteiger partial charge in [0, 0.05) is 18.9 Å². The van der Waals surface area contributed by atoms with Gasteiger partial charge in [0.05, 0.1) is 12.7 Å². The van der Waals surface area contributed by atoms with E-state index in [1.165, 1.54) is 0 Å². The van der Waals surface area contributed by atoms with Gasteiger partial charge in [-0.2, -0.15) is 0 Å². The number of aliphatic hydroxyl groups is 1. The molecule has 0 spiro atoms. The van der Waals surface area contributed by atoms with Gasteiger partial charge in [-0.3, -0.25) is 4.79 Å². The molecule has 0 radical (unpaired) electrons. The van der Waals surface area contributed by atoms with Gasteiger partial charge in [-0.1, -0.05) is 26.2 Å². The van der Waals surface area contributed by atoms with Gasteiger partial charge in [0.25, 0.3) is 0 Å². The highest BCUT2D eigenvalue weighted by molar-refractivity contribution is 5.81. The van der Waals surface area contributed by atoms with Crippen LogP contribution in [-0.4, -0.2) is 30.2 Å². The summed E-state index contributed by atoms with van der Waals surface area (Å²) in [4.78, 5) is 11.8. The molecule has 17 heavy (non-hydrogen) atoms. The second-order valence-electron chi connectivity index (χ2n) is 5.08. The van der Waals surface area contributed by atoms with Gasteiger partial charge in [0.2, 0.25) is 0 Å². The third kappa shape index (κ3) is 6.18. The van der Waals surface area contributed by atoms with Crippen molar-refractivity contribution >= 4 is 5.78 Å². The molecule has 0 aromatic rings. The van der Waals surface area contributed by atoms with Crippen molar-refractivity contribution in [2.24, 2.45) is 5.92 Å². The third-order valence-electron chi connectivity index (χ3n) is 3.44. The van der Waals surface area contributed by atoms with Crippen molar-refractivity contribution in [2.45, 2.75) is 64.4 Å². The summed E-state index contributed by atoms with van der Waals surface area (Å²) >= 11 is 0. The maximum atomic E-state index is 11.8. The van der Waals surface area contributed by atoms with Crippen LogP contribution in [0.4, 0.5) is 0 Å². The lowest BCUT2D eigenvalue weighted by molar-refractivity contribution is -0.124. The van der Waals surface area contributed by atoms with E-state index in [9.17, 15) is 9.90 Å². The molecule has 2 unspecified atom stereocenters. The molecule has 0 aromatic carbocycles. The summed E-state index contributed by atoms with van der Waals surface area (Å²) < 4.78 is 5.38. The van der Waals surface area contributed by atoms with Crippen molar-refractivity contribution in [1.82, 2.24) is 0 Å². The molecule has 1 N–H and O–H groups in total. The monoisotopic (exact) mass is 242 g/mol. The number of Topliss-reactive ketones (excluding diaryl/α,β-unsaturated/α-hetero) is 1. The number of aliphatic hydroxyl groups excluding tert-OH is 1. The molecule has 1 fully saturated rings. The number of hydrogen-bond acceptors (Lipinski definition) is 3. The highest BCUT2D eigenvalue weighted by Crippen LogP contribution is 2.23. The van der Waals surface area contributed by atoms with Gasteiger partial charge < -0.3 is 9.84 Å². The summed E-state index contributed by atoms with van der Waals surface area (Å²) in [5, 5.41) is 9.83. The lowest BCUT2D eigenvalue weighted by atomic mass is 9.93. The van der Waals surface area contributed by atoms with Gasteiger partial charge in [-0.15, -0.1) is 0 Å². The Bertz CT molecular complexity index is 216. The van der Waals surface area contributed by atoms with Crippen LogP contribution in [0.1, 0.15) is 58.3 Å². The zero-order valence-electron chi connectivity index (χ0n) is 11.0. The SMILES string of the molecule is CCCCOCC(O)CC1CCCCCC1=O. The molecule has 1 saturated carbocycles. The normalized spacial score (nSPS) is 23.4. The fourth-order valence-corrected chi connectivity index (χ4v) is 2.34. The third-order valence-corrected chi connectivity index (χ3v) is 3.44. The van der Waals surface area contributed by atoms with Crippen molar-refractivity contribution in [2.75, 3.05) is 13.2 Å². The summed E-state index contributed by atoms with van der Waals surface area (Å²) in [5.74, 6) is 0.414. The van der Waals surface area contributed by atoms with Gasteiger partial charge in [0.1, 0.15) is 5.78 Å². The Morgan fingerprint density at radius 3 is 3.00 bits per heavy atom. The van der Waals surface area contributed by atoms with Crippen LogP contribution in [0.15, 0.2) is 0 Å². The second kappa shape index (κ2) is 8.65. The average Bonchev–Trinajstić information content (AvgIpc) is 2.51. The maximum Gasteiger partial charge on any atom is 0.136 e. The highest BCUT2D eigenvalue weighted by atomic mass is 16.5. The number of carbonyl (C=O) groups is 1. The first-order valence-corrected chi connectivity index (χ1v) is 7.02. The fraction of sp³-hybridized carbons (Fsp3) is 0.929. The van der Waals surface area contributed by atoms with Crippen molar-refractivity contribution in [1.29, 1.82) is 0 Å². The molecule has 0 amide bonds. The molecule has 1 aliphatic carbocycles. The smallest absolute Gasteiger partial charge is 0.136 e. The van der Waals surface area contributed by atoms with E-state index in [1.807, 2.05) is 0 Å². The highest BCUT2D eigenvalue weighted by Gasteiger charge is 2.23. The zero-order chi connectivity index (χ0) is 12.5. The Hall–Kier alpha value is -0.410. The standard InChI is InChI=1S/C14H26O3/c1-2-3-9-17-11-13(15)10-12-7-5-4-6-8-14(12)16/h12-13,15H,2-11H2,1H3. The average molecular weight is 242 g/mol. The molecule has 1 aliphatic rings. The summed E-state index contributed by atoms with van der Waals surface area (Å²) in [5.41, 5.74) is 0. The van der Waals surface area contributed by atoms with E-state index in [-0.39, 0.29) is 5.92 Å². The minimum absolute atomic E-state index is 0.0716. The predicted molar refractivity (Wildman–Crippen MR) is 67.9 cm³/mol. The second-order valence-corrected chi connectivity index (χ2v) is 5.08. The van der Waals surface area contributed by atoms with E-state index < -0.39 is 6.10 Å². The molecule has 2 atom stereocenters. The molecule has 0 bridgehead atoms. The van der Waals surface area contributed by atoms with Crippen molar-refractivity contribution in [3.05, 3.63) is 0 Å². The molecule has 0 heterocycles. The number of rotatable bonds is 7. The summed E-state index contributed by atoms with van der Waals surface area (Å²) in [7, 11) is 0. The largest absolute Gasteiger partial charge is 0.391 e. The van der Waals surface area contributed by atoms with E-state index in [1.54, 1.807) is 0 Å². The Labute approximate surface area is 105 Å². The van der Waals surface area contributed by atoms with E-state index in [0.717, 1.165) is 38.5 Å². The number of ether oxygens (including phenoxy) is 1. The lowest BCUT2D eigenvalue weighted by Gasteiger charge is -2.17. The number of hydrogen-bond donors (Lipinski definition) is 1. The van der Waals surface area contributed by atoms with Crippen LogP contribution in [0.3, 0.4) is 0 Å². The Balaban J connectivity index is 2.19. The van der Waals surface area contributed by atoms with Crippen LogP contribution >= 0.6 is 0 Å². The van der Waals surface area contributed by atoms with Crippen LogP contribution < -0.4 is 0 Å². The van der Waals surface area contributed by atoms with Gasteiger partial charge in [-0.25, -0.2) is 0 Å². The first kappa shape index (κ1) is 14.7. The molecule has 100 valence electrons. The molecule has 0 aliphatic heterocycles. The fourth-order valence-electron chi connectivity index (χ4n) is 2.34. The maximum absolute atomic E-state index is 11.8. The van der Waals surface area contributed by atoms with Crippen LogP contribution in [-0.2, 0) is 9.53 Å². The van der Waals surface area contributed by atoms with Crippen LogP contribution in [0.25, 0.3) is 0 Å². The van der Waals surface area contributed by atoms with Crippen LogP contribution in [0.2, 0.25) is 0 Å². The topological polar surface area (TPSA) is 46.5 Å². The first-order valence-electron chi connectivity index (χ1n) is 7.02. The molecule has 1 rings (SSSR count). The first-order chi connectivity index (χ1) is 8.24. The van der Waals surface area contributed by atoms with Gasteiger partial charge in [-0.05, 0) is 25.7 Å². The summed E-state index contributed by atoms with van der Waals surface area (Å²) in [6.07, 6.45) is 7.22. The molecule has 3 heteroatoms. The van der Waals surface area contributed by atoms with E-state index in [0.29, 0.717) is 31.8 Å². The van der Waals surface area contributed by atoms with Crippen molar-refractivity contribution < 1.29 is 14.6 Å². The van der Waals surface area contributed by atoms with Crippen LogP contribution in [0.5, 0.6) is 0 Å². The summed E-state index contributed by atoms with van der Waals surface area (Å²) in [6.45, 7) is 3.21. The van der Waals surface area contributed by atoms with E-state index in [4.69, 9.17) is 4.74 Å². The molecular weight excluding hydrogens is 216 g/mol. The lowest BCUT2D eigenvalue weighted by Crippen LogP contribution is -2.24. The van der Waals surface area contributed by atoms with E-state index in [2.05, 4.69) is 6.92 Å². The Morgan fingerprint density at radius 2 is 2.24 bits per heavy atom. The molecular formula is C14H26O3. The van der Waals surface area contributed by atoms with Crippen molar-refractivity contribution in [3.63, 3.8) is 0 Å². The quantitative estimate of drug-likeness (QED) is 0.551. The number of ketones is 1. The number of carbonyl (C=O) groups excluding carboxylic acids is 1. The van der Waals surface area contributed by atoms with Crippen molar-refractivity contribution in [3.8, 4) is 0 Å². The van der Waals surface area contributed by atoms with Gasteiger partial charge >= 0.3 is 0 Å². The molecule has 0 aromatic heterocycles. The Kier molecular flexibility index (Phi) is 7.45. The Morgan fingerprint density at radius 1 is 1.41 bits per heavy atom. The molecule has 0 saturated heterocycles. The minimum atomic E-state index is -0.473. The van der Waals surface area contributed by atoms with E-state index >= 15 is 0 Å². The molecule has 3 nitrogen and oxygen atoms in total. The van der Waals surface area contributed by atoms with Gasteiger partial charge in [0.15, 0.2) is 0 Å². The predicted octanol–water partition coefficient (Wildman–Crippen LogP) is 2.70. The summed E-state index contributed by atoms with van der Waals surface area (Å²) in [6, 6.07) is 0. The minimum Gasteiger partial charge on any atom is -0.391 e. The zero-order valence-corrected chi connectivity index (χ0v) is 11.0.